The molecule has 2 rings (SSSR count). The van der Waals surface area contributed by atoms with Crippen molar-refractivity contribution >= 4 is 11.8 Å². The summed E-state index contributed by atoms with van der Waals surface area (Å²) in [4.78, 5) is 23.9. The molecule has 5 nitrogen and oxygen atoms in total. The number of hydrogen-bond acceptors (Lipinski definition) is 4. The van der Waals surface area contributed by atoms with Gasteiger partial charge in [-0.1, -0.05) is 37.6 Å². The third-order valence-corrected chi connectivity index (χ3v) is 4.09. The Hall–Kier alpha value is -2.43. The number of esters is 1. The SMILES string of the molecule is CCCCc1ccc(C(=O)COC(=O)CCn2nc(C)cc2C)cc1. The number of hydrogen-bond donors (Lipinski definition) is 0. The smallest absolute Gasteiger partial charge is 0.308 e. The van der Waals surface area contributed by atoms with Crippen LogP contribution in [-0.2, 0) is 22.5 Å². The number of nitrogens with zero attached hydrogens (tertiary/aromatic N) is 2. The normalized spacial score (nSPS) is 10.7. The molecule has 2 aromatic rings. The first kappa shape index (κ1) is 18.9. The number of ether oxygens (including phenoxy) is 1. The van der Waals surface area contributed by atoms with E-state index in [2.05, 4.69) is 12.0 Å². The van der Waals surface area contributed by atoms with Gasteiger partial charge in [0, 0.05) is 11.3 Å². The summed E-state index contributed by atoms with van der Waals surface area (Å²) >= 11 is 0. The minimum atomic E-state index is -0.388. The Labute approximate surface area is 149 Å². The third-order valence-electron chi connectivity index (χ3n) is 4.09. The highest BCUT2D eigenvalue weighted by Crippen LogP contribution is 2.09. The number of unbranched alkanes of at least 4 members (excludes halogenated alkanes) is 1. The molecule has 0 atom stereocenters. The van der Waals surface area contributed by atoms with Gasteiger partial charge < -0.3 is 4.74 Å². The summed E-state index contributed by atoms with van der Waals surface area (Å²) in [5.74, 6) is -0.568. The average molecular weight is 342 g/mol. The fraction of sp³-hybridized carbons (Fsp3) is 0.450. The lowest BCUT2D eigenvalue weighted by molar-refractivity contribution is -0.142. The second-order valence-electron chi connectivity index (χ2n) is 6.28. The highest BCUT2D eigenvalue weighted by molar-refractivity contribution is 5.97. The van der Waals surface area contributed by atoms with Crippen LogP contribution in [0.4, 0.5) is 0 Å². The Morgan fingerprint density at radius 3 is 2.48 bits per heavy atom. The molecule has 0 saturated heterocycles. The van der Waals surface area contributed by atoms with E-state index >= 15 is 0 Å². The first-order valence-electron chi connectivity index (χ1n) is 8.78. The van der Waals surface area contributed by atoms with Gasteiger partial charge in [-0.15, -0.1) is 0 Å². The van der Waals surface area contributed by atoms with E-state index in [1.54, 1.807) is 16.8 Å². The van der Waals surface area contributed by atoms with E-state index in [-0.39, 0.29) is 24.8 Å². The van der Waals surface area contributed by atoms with Gasteiger partial charge in [0.1, 0.15) is 0 Å². The van der Waals surface area contributed by atoms with E-state index in [1.165, 1.54) is 5.56 Å². The summed E-state index contributed by atoms with van der Waals surface area (Å²) in [5.41, 5.74) is 3.72. The van der Waals surface area contributed by atoms with Crippen LogP contribution in [0.1, 0.15) is 53.5 Å². The Bertz CT molecular complexity index is 717. The van der Waals surface area contributed by atoms with E-state index in [1.807, 2.05) is 32.0 Å². The molecule has 0 aliphatic carbocycles. The molecule has 1 aromatic carbocycles. The highest BCUT2D eigenvalue weighted by Gasteiger charge is 2.11. The van der Waals surface area contributed by atoms with Gasteiger partial charge in [0.2, 0.25) is 0 Å². The molecule has 0 aliphatic rings. The summed E-state index contributed by atoms with van der Waals surface area (Å²) < 4.78 is 6.86. The number of carbonyl (C=O) groups is 2. The fourth-order valence-corrected chi connectivity index (χ4v) is 2.64. The van der Waals surface area contributed by atoms with Crippen molar-refractivity contribution in [3.8, 4) is 0 Å². The average Bonchev–Trinajstić information content (AvgIpc) is 2.93. The highest BCUT2D eigenvalue weighted by atomic mass is 16.5. The van der Waals surface area contributed by atoms with Crippen molar-refractivity contribution < 1.29 is 14.3 Å². The summed E-state index contributed by atoms with van der Waals surface area (Å²) in [6.07, 6.45) is 3.51. The Balaban J connectivity index is 1.77. The fourth-order valence-electron chi connectivity index (χ4n) is 2.64. The van der Waals surface area contributed by atoms with E-state index in [0.29, 0.717) is 12.1 Å². The second-order valence-corrected chi connectivity index (χ2v) is 6.28. The number of ketones is 1. The predicted molar refractivity (Wildman–Crippen MR) is 96.7 cm³/mol. The van der Waals surface area contributed by atoms with Gasteiger partial charge in [0.05, 0.1) is 18.7 Å². The van der Waals surface area contributed by atoms with Gasteiger partial charge in [-0.3, -0.25) is 14.3 Å². The minimum absolute atomic E-state index is 0.179. The molecule has 0 spiro atoms. The van der Waals surface area contributed by atoms with Crippen LogP contribution in [0.3, 0.4) is 0 Å². The molecule has 0 aliphatic heterocycles. The molecular weight excluding hydrogens is 316 g/mol. The second kappa shape index (κ2) is 9.16. The number of aryl methyl sites for hydroxylation is 4. The van der Waals surface area contributed by atoms with Crippen molar-refractivity contribution in [3.05, 3.63) is 52.8 Å². The summed E-state index contributed by atoms with van der Waals surface area (Å²) in [5, 5.41) is 4.30. The van der Waals surface area contributed by atoms with Gasteiger partial charge in [-0.2, -0.15) is 5.10 Å². The first-order valence-corrected chi connectivity index (χ1v) is 8.78. The van der Waals surface area contributed by atoms with Crippen LogP contribution in [0.5, 0.6) is 0 Å². The van der Waals surface area contributed by atoms with Crippen molar-refractivity contribution in [2.24, 2.45) is 0 Å². The molecule has 5 heteroatoms. The van der Waals surface area contributed by atoms with Crippen LogP contribution < -0.4 is 0 Å². The van der Waals surface area contributed by atoms with Crippen LogP contribution >= 0.6 is 0 Å². The maximum Gasteiger partial charge on any atom is 0.308 e. The van der Waals surface area contributed by atoms with Crippen LogP contribution in [-0.4, -0.2) is 28.1 Å². The molecule has 0 amide bonds. The molecule has 0 N–H and O–H groups in total. The molecule has 0 saturated carbocycles. The van der Waals surface area contributed by atoms with Gasteiger partial charge in [-0.05, 0) is 38.3 Å². The van der Waals surface area contributed by atoms with Crippen LogP contribution in [0.2, 0.25) is 0 Å². The molecule has 0 unspecified atom stereocenters. The maximum absolute atomic E-state index is 12.1. The topological polar surface area (TPSA) is 61.2 Å². The number of rotatable bonds is 9. The van der Waals surface area contributed by atoms with E-state index in [0.717, 1.165) is 30.7 Å². The molecule has 1 aromatic heterocycles. The van der Waals surface area contributed by atoms with Crippen molar-refractivity contribution in [3.63, 3.8) is 0 Å². The van der Waals surface area contributed by atoms with Crippen molar-refractivity contribution in [1.29, 1.82) is 0 Å². The molecular formula is C20H26N2O3. The quantitative estimate of drug-likeness (QED) is 0.515. The standard InChI is InChI=1S/C20H26N2O3/c1-4-5-6-17-7-9-18(10-8-17)19(23)14-25-20(24)11-12-22-16(3)13-15(2)21-22/h7-10,13H,4-6,11-12,14H2,1-3H3. The number of carbonyl (C=O) groups excluding carboxylic acids is 2. The first-order chi connectivity index (χ1) is 12.0. The lowest BCUT2D eigenvalue weighted by Crippen LogP contribution is -2.16. The van der Waals surface area contributed by atoms with Gasteiger partial charge in [0.25, 0.3) is 0 Å². The van der Waals surface area contributed by atoms with Gasteiger partial charge >= 0.3 is 5.97 Å². The molecule has 0 bridgehead atoms. The zero-order valence-corrected chi connectivity index (χ0v) is 15.2. The van der Waals surface area contributed by atoms with Crippen LogP contribution in [0.25, 0.3) is 0 Å². The number of Topliss-reactive ketones (excluding diaryl/α,β-unsaturated/α-hetero) is 1. The van der Waals surface area contributed by atoms with Crippen LogP contribution in [0.15, 0.2) is 30.3 Å². The molecule has 134 valence electrons. The lowest BCUT2D eigenvalue weighted by Gasteiger charge is -2.07. The van der Waals surface area contributed by atoms with Gasteiger partial charge in [0.15, 0.2) is 12.4 Å². The van der Waals surface area contributed by atoms with Crippen LogP contribution in [0, 0.1) is 13.8 Å². The van der Waals surface area contributed by atoms with Gasteiger partial charge in [-0.25, -0.2) is 0 Å². The monoisotopic (exact) mass is 342 g/mol. The number of benzene rings is 1. The third kappa shape index (κ3) is 5.85. The zero-order valence-electron chi connectivity index (χ0n) is 15.2. The molecule has 25 heavy (non-hydrogen) atoms. The minimum Gasteiger partial charge on any atom is -0.457 e. The molecule has 1 heterocycles. The largest absolute Gasteiger partial charge is 0.457 e. The maximum atomic E-state index is 12.1. The molecule has 0 fully saturated rings. The Kier molecular flexibility index (Phi) is 6.92. The molecule has 0 radical (unpaired) electrons. The predicted octanol–water partition coefficient (Wildman–Crippen LogP) is 3.66. The van der Waals surface area contributed by atoms with E-state index < -0.39 is 0 Å². The van der Waals surface area contributed by atoms with E-state index in [9.17, 15) is 9.59 Å². The van der Waals surface area contributed by atoms with Crippen molar-refractivity contribution in [1.82, 2.24) is 9.78 Å². The summed E-state index contributed by atoms with van der Waals surface area (Å²) in [6.45, 7) is 6.25. The van der Waals surface area contributed by atoms with Crippen molar-refractivity contribution in [2.45, 2.75) is 53.0 Å². The van der Waals surface area contributed by atoms with E-state index in [4.69, 9.17) is 4.74 Å². The van der Waals surface area contributed by atoms with Crippen molar-refractivity contribution in [2.75, 3.05) is 6.61 Å². The lowest BCUT2D eigenvalue weighted by atomic mass is 10.0. The zero-order chi connectivity index (χ0) is 18.2. The summed E-state index contributed by atoms with van der Waals surface area (Å²) in [7, 11) is 0. The summed E-state index contributed by atoms with van der Waals surface area (Å²) in [6, 6.07) is 9.49. The Morgan fingerprint density at radius 1 is 1.16 bits per heavy atom. The number of aromatic nitrogens is 2. The Morgan fingerprint density at radius 2 is 1.88 bits per heavy atom.